The monoisotopic (exact) mass is 900 g/mol. The first-order valence-corrected chi connectivity index (χ1v) is 28.7. The topological polar surface area (TPSA) is 78.9 Å². The average molecular weight is 901 g/mol. The molecule has 4 atom stereocenters. The van der Waals surface area contributed by atoms with Crippen LogP contribution in [0.2, 0.25) is 0 Å². The van der Waals surface area contributed by atoms with Crippen molar-refractivity contribution >= 4 is 88.5 Å². The third-order valence-electron chi connectivity index (χ3n) is 11.4. The molecule has 4 fully saturated rings. The second-order valence-electron chi connectivity index (χ2n) is 16.7. The van der Waals surface area contributed by atoms with Gasteiger partial charge in [0.1, 0.15) is 18.3 Å². The highest BCUT2D eigenvalue weighted by atomic mass is 32.2. The van der Waals surface area contributed by atoms with Crippen molar-refractivity contribution < 1.29 is 28.6 Å². The quantitative estimate of drug-likeness (QED) is 0.0505. The molecule has 0 radical (unpaired) electrons. The van der Waals surface area contributed by atoms with E-state index in [4.69, 9.17) is 14.2 Å². The summed E-state index contributed by atoms with van der Waals surface area (Å²) in [6, 6.07) is 0. The van der Waals surface area contributed by atoms with E-state index in [9.17, 15) is 14.4 Å². The summed E-state index contributed by atoms with van der Waals surface area (Å²) in [6.45, 7) is 14.7. The van der Waals surface area contributed by atoms with Crippen LogP contribution in [0.25, 0.3) is 0 Å². The third-order valence-corrected chi connectivity index (χ3v) is 18.7. The van der Waals surface area contributed by atoms with Crippen molar-refractivity contribution in [3.8, 4) is 0 Å². The molecule has 3 saturated heterocycles. The lowest BCUT2D eigenvalue weighted by Crippen LogP contribution is -2.39. The summed E-state index contributed by atoms with van der Waals surface area (Å²) < 4.78 is 18.3. The zero-order valence-electron chi connectivity index (χ0n) is 34.9. The van der Waals surface area contributed by atoms with Crippen molar-refractivity contribution in [1.29, 1.82) is 0 Å². The molecule has 3 aliphatic heterocycles. The van der Waals surface area contributed by atoms with Crippen molar-refractivity contribution in [3.63, 3.8) is 0 Å². The minimum atomic E-state index is -0.0901. The second kappa shape index (κ2) is 29.1. The molecule has 0 spiro atoms. The van der Waals surface area contributed by atoms with Gasteiger partial charge in [-0.3, -0.25) is 14.4 Å². The number of thioether (sulfide) groups is 6. The maximum atomic E-state index is 13.9. The zero-order valence-corrected chi connectivity index (χ0v) is 39.8. The molecule has 1 aliphatic carbocycles. The third kappa shape index (κ3) is 20.4. The Kier molecular flexibility index (Phi) is 25.2. The van der Waals surface area contributed by atoms with E-state index in [-0.39, 0.29) is 48.1 Å². The van der Waals surface area contributed by atoms with Crippen LogP contribution in [0.15, 0.2) is 36.5 Å². The summed E-state index contributed by atoms with van der Waals surface area (Å²) in [5.74, 6) is 11.4. The fourth-order valence-corrected chi connectivity index (χ4v) is 15.1. The summed E-state index contributed by atoms with van der Waals surface area (Å²) in [4.78, 5) is 40.2. The first-order valence-electron chi connectivity index (χ1n) is 21.7. The van der Waals surface area contributed by atoms with Crippen LogP contribution in [0.3, 0.4) is 0 Å². The Morgan fingerprint density at radius 2 is 0.825 bits per heavy atom. The number of carbonyl (C=O) groups excluding carboxylic acids is 3. The van der Waals surface area contributed by atoms with Gasteiger partial charge in [-0.25, -0.2) is 0 Å². The molecule has 3 heterocycles. The van der Waals surface area contributed by atoms with E-state index in [2.05, 4.69) is 26.7 Å². The molecule has 6 nitrogen and oxygen atoms in total. The molecule has 0 N–H and O–H groups in total. The molecule has 4 aliphatic rings. The molecular weight excluding hydrogens is 829 g/mol. The molecule has 324 valence electrons. The van der Waals surface area contributed by atoms with Crippen LogP contribution in [0.4, 0.5) is 0 Å². The van der Waals surface area contributed by atoms with Crippen LogP contribution in [0.5, 0.6) is 0 Å². The number of hydrogen-bond acceptors (Lipinski definition) is 12. The predicted octanol–water partition coefficient (Wildman–Crippen LogP) is 11.6. The van der Waals surface area contributed by atoms with Gasteiger partial charge < -0.3 is 14.2 Å². The number of ether oxygens (including phenoxy) is 3. The maximum Gasteiger partial charge on any atom is 0.306 e. The molecule has 4 unspecified atom stereocenters. The lowest BCUT2D eigenvalue weighted by molar-refractivity contribution is -0.154. The second-order valence-corrected chi connectivity index (χ2v) is 22.8. The Labute approximate surface area is 371 Å². The SMILES string of the molecule is C=C1CSCC(OC(=O)CCCCCCCCC2CCC(CCCCC)C(CC(=O)OC3CSCC(=C)CSC3)C2CC(=O)OC2CSCC(=C)CSC2)CSC1. The lowest BCUT2D eigenvalue weighted by Gasteiger charge is -2.43. The highest BCUT2D eigenvalue weighted by molar-refractivity contribution is 8.02. The highest BCUT2D eigenvalue weighted by Crippen LogP contribution is 2.47. The van der Waals surface area contributed by atoms with Gasteiger partial charge in [0.05, 0.1) is 0 Å². The summed E-state index contributed by atoms with van der Waals surface area (Å²) in [6.07, 6.45) is 15.6. The maximum absolute atomic E-state index is 13.9. The van der Waals surface area contributed by atoms with Gasteiger partial charge in [0.25, 0.3) is 0 Å². The fraction of sp³-hybridized carbons (Fsp3) is 0.800. The van der Waals surface area contributed by atoms with Gasteiger partial charge in [0.15, 0.2) is 0 Å². The molecule has 0 bridgehead atoms. The van der Waals surface area contributed by atoms with Crippen LogP contribution in [0, 0.1) is 23.7 Å². The molecule has 0 aromatic heterocycles. The molecule has 4 rings (SSSR count). The van der Waals surface area contributed by atoms with Gasteiger partial charge in [0.2, 0.25) is 0 Å². The van der Waals surface area contributed by atoms with Crippen molar-refractivity contribution in [1.82, 2.24) is 0 Å². The minimum absolute atomic E-state index is 0.00810. The first-order chi connectivity index (χ1) is 27.7. The van der Waals surface area contributed by atoms with Gasteiger partial charge in [-0.15, -0.1) is 0 Å². The van der Waals surface area contributed by atoms with Gasteiger partial charge in [-0.1, -0.05) is 108 Å². The Bertz CT molecular complexity index is 1230. The largest absolute Gasteiger partial charge is 0.461 e. The van der Waals surface area contributed by atoms with E-state index in [0.717, 1.165) is 133 Å². The van der Waals surface area contributed by atoms with Gasteiger partial charge in [-0.05, 0) is 42.9 Å². The van der Waals surface area contributed by atoms with Crippen molar-refractivity contribution in [2.75, 3.05) is 69.0 Å². The Hall–Kier alpha value is -0.270. The number of unbranched alkanes of at least 4 members (excludes halogenated alkanes) is 7. The summed E-state index contributed by atoms with van der Waals surface area (Å²) >= 11 is 10.9. The van der Waals surface area contributed by atoms with E-state index >= 15 is 0 Å². The molecule has 12 heteroatoms. The number of rotatable bonds is 20. The minimum Gasteiger partial charge on any atom is -0.461 e. The van der Waals surface area contributed by atoms with E-state index in [0.29, 0.717) is 31.1 Å². The molecule has 1 saturated carbocycles. The normalized spacial score (nSPS) is 25.3. The fourth-order valence-electron chi connectivity index (χ4n) is 8.53. The number of hydrogen-bond donors (Lipinski definition) is 0. The number of carbonyl (C=O) groups is 3. The van der Waals surface area contributed by atoms with Gasteiger partial charge in [0, 0.05) is 88.3 Å². The summed E-state index contributed by atoms with van der Waals surface area (Å²) in [7, 11) is 0. The Morgan fingerprint density at radius 1 is 0.491 bits per heavy atom. The van der Waals surface area contributed by atoms with Gasteiger partial charge in [-0.2, -0.15) is 70.6 Å². The van der Waals surface area contributed by atoms with E-state index in [1.807, 2.05) is 70.6 Å². The standard InChI is InChI=1S/C45H72O6S6/c1-5-6-11-14-36-17-18-37(15-12-9-7-8-10-13-16-43(46)49-38-27-52-21-33(2)22-53-28-38)42(20-45(48)51-40-31-56-25-35(4)26-57-32-40)41(36)19-44(47)50-39-29-54-23-34(3)24-55-30-39/h36-42H,2-32H2,1H3. The first kappa shape index (κ1) is 49.4. The average Bonchev–Trinajstić information content (AvgIpc) is 3.14. The Balaban J connectivity index is 1.31. The Morgan fingerprint density at radius 3 is 1.21 bits per heavy atom. The van der Waals surface area contributed by atoms with Crippen LogP contribution < -0.4 is 0 Å². The molecule has 0 aromatic carbocycles. The zero-order chi connectivity index (χ0) is 40.7. The predicted molar refractivity (Wildman–Crippen MR) is 255 cm³/mol. The van der Waals surface area contributed by atoms with Crippen LogP contribution in [-0.2, 0) is 28.6 Å². The summed E-state index contributed by atoms with van der Waals surface area (Å²) in [5, 5.41) is 0. The lowest BCUT2D eigenvalue weighted by atomic mass is 9.62. The van der Waals surface area contributed by atoms with Gasteiger partial charge >= 0.3 is 17.9 Å². The molecular formula is C45H72O6S6. The molecule has 57 heavy (non-hydrogen) atoms. The van der Waals surface area contributed by atoms with E-state index < -0.39 is 0 Å². The van der Waals surface area contributed by atoms with Crippen molar-refractivity contribution in [3.05, 3.63) is 36.5 Å². The van der Waals surface area contributed by atoms with Crippen LogP contribution >= 0.6 is 70.6 Å². The van der Waals surface area contributed by atoms with E-state index in [1.165, 1.54) is 36.0 Å². The van der Waals surface area contributed by atoms with Crippen molar-refractivity contribution in [2.45, 2.75) is 128 Å². The molecule has 0 aromatic rings. The highest BCUT2D eigenvalue weighted by Gasteiger charge is 2.42. The van der Waals surface area contributed by atoms with Crippen LogP contribution in [0.1, 0.15) is 110 Å². The number of esters is 3. The van der Waals surface area contributed by atoms with E-state index in [1.54, 1.807) is 0 Å². The smallest absolute Gasteiger partial charge is 0.306 e. The molecule has 0 amide bonds. The van der Waals surface area contributed by atoms with Crippen molar-refractivity contribution in [2.24, 2.45) is 23.7 Å². The van der Waals surface area contributed by atoms with Crippen LogP contribution in [-0.4, -0.2) is 105 Å². The summed E-state index contributed by atoms with van der Waals surface area (Å²) in [5.41, 5.74) is 3.76.